The van der Waals surface area contributed by atoms with Gasteiger partial charge < -0.3 is 20.1 Å². The number of ether oxygens (including phenoxy) is 2. The highest BCUT2D eigenvalue weighted by Crippen LogP contribution is 2.30. The number of benzene rings is 2. The molecule has 2 aromatic carbocycles. The molecule has 1 fully saturated rings. The van der Waals surface area contributed by atoms with Gasteiger partial charge in [-0.2, -0.15) is 0 Å². The number of amides is 1. The van der Waals surface area contributed by atoms with Crippen LogP contribution in [0.2, 0.25) is 5.02 Å². The summed E-state index contributed by atoms with van der Waals surface area (Å²) in [6, 6.07) is 14.5. The normalized spacial score (nSPS) is 17.3. The molecule has 3 rings (SSSR count). The van der Waals surface area contributed by atoms with E-state index in [0.717, 1.165) is 6.54 Å². The van der Waals surface area contributed by atoms with E-state index in [-0.39, 0.29) is 11.9 Å². The second-order valence-corrected chi connectivity index (χ2v) is 5.97. The summed E-state index contributed by atoms with van der Waals surface area (Å²) in [5.74, 6) is 1.16. The summed E-state index contributed by atoms with van der Waals surface area (Å²) < 4.78 is 11.2. The summed E-state index contributed by atoms with van der Waals surface area (Å²) in [5.41, 5.74) is 0.633. The first-order valence-electron chi connectivity index (χ1n) is 7.84. The SMILES string of the molecule is O=C(CC1COCCN1)Nc1ccccc1Oc1ccc(Cl)cc1. The maximum absolute atomic E-state index is 12.3. The molecule has 24 heavy (non-hydrogen) atoms. The molecule has 0 spiro atoms. The van der Waals surface area contributed by atoms with Crippen LogP contribution >= 0.6 is 11.6 Å². The van der Waals surface area contributed by atoms with E-state index >= 15 is 0 Å². The number of carbonyl (C=O) groups excluding carboxylic acids is 1. The minimum Gasteiger partial charge on any atom is -0.455 e. The maximum Gasteiger partial charge on any atom is 0.226 e. The Labute approximate surface area is 145 Å². The van der Waals surface area contributed by atoms with Crippen LogP contribution < -0.4 is 15.4 Å². The van der Waals surface area contributed by atoms with E-state index in [1.54, 1.807) is 24.3 Å². The van der Waals surface area contributed by atoms with Gasteiger partial charge in [0.2, 0.25) is 5.91 Å². The molecule has 2 aromatic rings. The Morgan fingerprint density at radius 2 is 2.04 bits per heavy atom. The summed E-state index contributed by atoms with van der Waals surface area (Å²) in [4.78, 5) is 12.3. The van der Waals surface area contributed by atoms with Crippen molar-refractivity contribution in [2.75, 3.05) is 25.1 Å². The highest BCUT2D eigenvalue weighted by Gasteiger charge is 2.17. The summed E-state index contributed by atoms with van der Waals surface area (Å²) in [6.07, 6.45) is 0.356. The maximum atomic E-state index is 12.3. The molecule has 1 unspecified atom stereocenters. The highest BCUT2D eigenvalue weighted by atomic mass is 35.5. The molecule has 2 N–H and O–H groups in total. The predicted molar refractivity (Wildman–Crippen MR) is 93.8 cm³/mol. The van der Waals surface area contributed by atoms with E-state index in [1.165, 1.54) is 0 Å². The van der Waals surface area contributed by atoms with Crippen molar-refractivity contribution in [1.29, 1.82) is 0 Å². The zero-order valence-electron chi connectivity index (χ0n) is 13.1. The van der Waals surface area contributed by atoms with Gasteiger partial charge in [0.15, 0.2) is 5.75 Å². The predicted octanol–water partition coefficient (Wildman–Crippen LogP) is 3.45. The lowest BCUT2D eigenvalue weighted by Gasteiger charge is -2.23. The molecule has 0 saturated carbocycles. The number of nitrogens with one attached hydrogen (secondary N) is 2. The summed E-state index contributed by atoms with van der Waals surface area (Å²) in [7, 11) is 0. The fourth-order valence-corrected chi connectivity index (χ4v) is 2.59. The number of morpholine rings is 1. The molecular formula is C18H19ClN2O3. The second-order valence-electron chi connectivity index (χ2n) is 5.53. The number of hydrogen-bond acceptors (Lipinski definition) is 4. The lowest BCUT2D eigenvalue weighted by molar-refractivity contribution is -0.117. The fourth-order valence-electron chi connectivity index (χ4n) is 2.46. The molecule has 0 bridgehead atoms. The minimum absolute atomic E-state index is 0.0445. The number of para-hydroxylation sites is 2. The average molecular weight is 347 g/mol. The average Bonchev–Trinajstić information content (AvgIpc) is 2.59. The van der Waals surface area contributed by atoms with Crippen molar-refractivity contribution in [2.24, 2.45) is 0 Å². The van der Waals surface area contributed by atoms with Gasteiger partial charge in [-0.3, -0.25) is 4.79 Å². The molecule has 5 nitrogen and oxygen atoms in total. The zero-order valence-corrected chi connectivity index (χ0v) is 13.9. The van der Waals surface area contributed by atoms with Crippen LogP contribution in [0.5, 0.6) is 11.5 Å². The van der Waals surface area contributed by atoms with Crippen LogP contribution in [0, 0.1) is 0 Å². The van der Waals surface area contributed by atoms with Crippen molar-refractivity contribution in [3.8, 4) is 11.5 Å². The molecule has 126 valence electrons. The summed E-state index contributed by atoms with van der Waals surface area (Å²) in [5, 5.41) is 6.81. The van der Waals surface area contributed by atoms with Gasteiger partial charge in [-0.05, 0) is 36.4 Å². The Morgan fingerprint density at radius 3 is 2.79 bits per heavy atom. The van der Waals surface area contributed by atoms with Crippen LogP contribution in [0.1, 0.15) is 6.42 Å². The topological polar surface area (TPSA) is 59.6 Å². The van der Waals surface area contributed by atoms with Gasteiger partial charge in [0, 0.05) is 24.0 Å². The Hall–Kier alpha value is -2.08. The van der Waals surface area contributed by atoms with E-state index < -0.39 is 0 Å². The summed E-state index contributed by atoms with van der Waals surface area (Å²) >= 11 is 5.88. The van der Waals surface area contributed by atoms with Gasteiger partial charge >= 0.3 is 0 Å². The number of carbonyl (C=O) groups is 1. The van der Waals surface area contributed by atoms with Crippen molar-refractivity contribution in [1.82, 2.24) is 5.32 Å². The third-order valence-corrected chi connectivity index (χ3v) is 3.88. The van der Waals surface area contributed by atoms with Crippen LogP contribution in [0.25, 0.3) is 0 Å². The second kappa shape index (κ2) is 8.15. The monoisotopic (exact) mass is 346 g/mol. The largest absolute Gasteiger partial charge is 0.455 e. The molecule has 1 aliphatic rings. The molecule has 1 aliphatic heterocycles. The van der Waals surface area contributed by atoms with Crippen LogP contribution in [0.15, 0.2) is 48.5 Å². The molecule has 1 saturated heterocycles. The molecule has 6 heteroatoms. The smallest absolute Gasteiger partial charge is 0.226 e. The molecular weight excluding hydrogens is 328 g/mol. The molecule has 1 heterocycles. The Morgan fingerprint density at radius 1 is 1.25 bits per heavy atom. The van der Waals surface area contributed by atoms with E-state index in [0.29, 0.717) is 41.8 Å². The first kappa shape index (κ1) is 16.8. The van der Waals surface area contributed by atoms with Crippen LogP contribution in [0.3, 0.4) is 0 Å². The van der Waals surface area contributed by atoms with Gasteiger partial charge in [0.05, 0.1) is 18.9 Å². The van der Waals surface area contributed by atoms with Crippen molar-refractivity contribution < 1.29 is 14.3 Å². The van der Waals surface area contributed by atoms with Gasteiger partial charge in [0.25, 0.3) is 0 Å². The third-order valence-electron chi connectivity index (χ3n) is 3.63. The van der Waals surface area contributed by atoms with Gasteiger partial charge in [0.1, 0.15) is 5.75 Å². The first-order chi connectivity index (χ1) is 11.7. The number of halogens is 1. The van der Waals surface area contributed by atoms with E-state index in [9.17, 15) is 4.79 Å². The third kappa shape index (κ3) is 4.71. The van der Waals surface area contributed by atoms with Crippen LogP contribution in [0.4, 0.5) is 5.69 Å². The number of rotatable bonds is 5. The Balaban J connectivity index is 1.64. The summed E-state index contributed by atoms with van der Waals surface area (Å²) in [6.45, 7) is 2.01. The Kier molecular flexibility index (Phi) is 5.69. The molecule has 0 radical (unpaired) electrons. The van der Waals surface area contributed by atoms with Crippen molar-refractivity contribution in [2.45, 2.75) is 12.5 Å². The van der Waals surface area contributed by atoms with E-state index in [2.05, 4.69) is 10.6 Å². The molecule has 0 aliphatic carbocycles. The van der Waals surface area contributed by atoms with Gasteiger partial charge in [-0.15, -0.1) is 0 Å². The fraction of sp³-hybridized carbons (Fsp3) is 0.278. The highest BCUT2D eigenvalue weighted by molar-refractivity contribution is 6.30. The van der Waals surface area contributed by atoms with Gasteiger partial charge in [-0.1, -0.05) is 23.7 Å². The van der Waals surface area contributed by atoms with Crippen LogP contribution in [-0.4, -0.2) is 31.7 Å². The lowest BCUT2D eigenvalue weighted by Crippen LogP contribution is -2.43. The van der Waals surface area contributed by atoms with Crippen molar-refractivity contribution in [3.63, 3.8) is 0 Å². The molecule has 0 aromatic heterocycles. The lowest BCUT2D eigenvalue weighted by atomic mass is 10.2. The van der Waals surface area contributed by atoms with Crippen molar-refractivity contribution in [3.05, 3.63) is 53.6 Å². The quantitative estimate of drug-likeness (QED) is 0.870. The first-order valence-corrected chi connectivity index (χ1v) is 8.22. The molecule has 1 atom stereocenters. The zero-order chi connectivity index (χ0) is 16.8. The molecule has 1 amide bonds. The van der Waals surface area contributed by atoms with E-state index in [4.69, 9.17) is 21.1 Å². The van der Waals surface area contributed by atoms with Gasteiger partial charge in [-0.25, -0.2) is 0 Å². The minimum atomic E-state index is -0.0786. The number of hydrogen-bond donors (Lipinski definition) is 2. The van der Waals surface area contributed by atoms with Crippen molar-refractivity contribution >= 4 is 23.2 Å². The Bertz CT molecular complexity index is 685. The standard InChI is InChI=1S/C18H19ClN2O3/c19-13-5-7-15(8-6-13)24-17-4-2-1-3-16(17)21-18(22)11-14-12-23-10-9-20-14/h1-8,14,20H,9-12H2,(H,21,22). The number of anilines is 1. The van der Waals surface area contributed by atoms with E-state index in [1.807, 2.05) is 24.3 Å². The van der Waals surface area contributed by atoms with Crippen LogP contribution in [-0.2, 0) is 9.53 Å².